The molecule has 0 spiro atoms. The fourth-order valence-corrected chi connectivity index (χ4v) is 2.06. The molecule has 1 atom stereocenters. The molecule has 0 saturated heterocycles. The number of hydrogen-bond acceptors (Lipinski definition) is 4. The monoisotopic (exact) mass is 258 g/mol. The first-order chi connectivity index (χ1) is 9.30. The Bertz CT molecular complexity index is 529. The first-order valence-electron chi connectivity index (χ1n) is 6.10. The number of nitrogens with one attached hydrogen (secondary N) is 1. The largest absolute Gasteiger partial charge is 0.493 e. The molecule has 1 N–H and O–H groups in total. The zero-order valence-corrected chi connectivity index (χ0v) is 11.4. The van der Waals surface area contributed by atoms with Crippen LogP contribution in [-0.2, 0) is 0 Å². The Hall–Kier alpha value is -2.07. The third kappa shape index (κ3) is 2.85. The Morgan fingerprint density at radius 1 is 1.05 bits per heavy atom. The van der Waals surface area contributed by atoms with Crippen LogP contribution in [0.1, 0.15) is 17.3 Å². The summed E-state index contributed by atoms with van der Waals surface area (Å²) in [4.78, 5) is 4.39. The van der Waals surface area contributed by atoms with Crippen molar-refractivity contribution in [2.45, 2.75) is 6.04 Å². The quantitative estimate of drug-likeness (QED) is 0.894. The minimum Gasteiger partial charge on any atom is -0.493 e. The highest BCUT2D eigenvalue weighted by Gasteiger charge is 2.15. The standard InChI is InChI=1S/C15H18N2O2/c1-16-15(12-6-4-5-9-17-12)11-7-8-13(18-2)14(10-11)19-3/h4-10,15-16H,1-3H3. The first kappa shape index (κ1) is 13.4. The number of rotatable bonds is 5. The Morgan fingerprint density at radius 3 is 2.42 bits per heavy atom. The van der Waals surface area contributed by atoms with Crippen molar-refractivity contribution in [1.82, 2.24) is 10.3 Å². The summed E-state index contributed by atoms with van der Waals surface area (Å²) >= 11 is 0. The van der Waals surface area contributed by atoms with Crippen molar-refractivity contribution in [3.8, 4) is 11.5 Å². The topological polar surface area (TPSA) is 43.4 Å². The van der Waals surface area contributed by atoms with Crippen molar-refractivity contribution in [3.05, 3.63) is 53.9 Å². The van der Waals surface area contributed by atoms with Crippen molar-refractivity contribution in [3.63, 3.8) is 0 Å². The minimum absolute atomic E-state index is 0.0287. The molecule has 0 bridgehead atoms. The van der Waals surface area contributed by atoms with Crippen LogP contribution in [0.25, 0.3) is 0 Å². The lowest BCUT2D eigenvalue weighted by molar-refractivity contribution is 0.354. The van der Waals surface area contributed by atoms with Gasteiger partial charge in [0.15, 0.2) is 11.5 Å². The smallest absolute Gasteiger partial charge is 0.161 e. The van der Waals surface area contributed by atoms with Crippen LogP contribution >= 0.6 is 0 Å². The highest BCUT2D eigenvalue weighted by molar-refractivity contribution is 5.45. The van der Waals surface area contributed by atoms with Gasteiger partial charge in [-0.15, -0.1) is 0 Å². The number of ether oxygens (including phenoxy) is 2. The van der Waals surface area contributed by atoms with Gasteiger partial charge in [-0.3, -0.25) is 4.98 Å². The predicted molar refractivity (Wildman–Crippen MR) is 74.7 cm³/mol. The molecule has 2 aromatic rings. The number of benzene rings is 1. The fraction of sp³-hybridized carbons (Fsp3) is 0.267. The van der Waals surface area contributed by atoms with Gasteiger partial charge in [-0.05, 0) is 36.9 Å². The molecule has 4 nitrogen and oxygen atoms in total. The van der Waals surface area contributed by atoms with E-state index in [0.29, 0.717) is 0 Å². The molecule has 0 radical (unpaired) electrons. The molecule has 4 heteroatoms. The Labute approximate surface area is 113 Å². The van der Waals surface area contributed by atoms with E-state index in [2.05, 4.69) is 10.3 Å². The van der Waals surface area contributed by atoms with Gasteiger partial charge in [0.1, 0.15) is 0 Å². The highest BCUT2D eigenvalue weighted by atomic mass is 16.5. The third-order valence-electron chi connectivity index (χ3n) is 3.01. The second kappa shape index (κ2) is 6.20. The van der Waals surface area contributed by atoms with Gasteiger partial charge in [-0.2, -0.15) is 0 Å². The highest BCUT2D eigenvalue weighted by Crippen LogP contribution is 2.31. The van der Waals surface area contributed by atoms with Crippen LogP contribution in [-0.4, -0.2) is 26.3 Å². The van der Waals surface area contributed by atoms with Crippen molar-refractivity contribution < 1.29 is 9.47 Å². The van der Waals surface area contributed by atoms with Crippen LogP contribution in [0.5, 0.6) is 11.5 Å². The van der Waals surface area contributed by atoms with Gasteiger partial charge in [-0.25, -0.2) is 0 Å². The summed E-state index contributed by atoms with van der Waals surface area (Å²) < 4.78 is 10.6. The zero-order valence-electron chi connectivity index (χ0n) is 11.4. The lowest BCUT2D eigenvalue weighted by atomic mass is 10.0. The molecule has 0 aliphatic rings. The molecule has 0 aliphatic carbocycles. The van der Waals surface area contributed by atoms with E-state index >= 15 is 0 Å². The molecule has 2 rings (SSSR count). The molecule has 0 aliphatic heterocycles. The van der Waals surface area contributed by atoms with Crippen molar-refractivity contribution >= 4 is 0 Å². The lowest BCUT2D eigenvalue weighted by Crippen LogP contribution is -2.18. The fourth-order valence-electron chi connectivity index (χ4n) is 2.06. The van der Waals surface area contributed by atoms with Crippen molar-refractivity contribution in [1.29, 1.82) is 0 Å². The van der Waals surface area contributed by atoms with Crippen LogP contribution in [0.4, 0.5) is 0 Å². The average molecular weight is 258 g/mol. The third-order valence-corrected chi connectivity index (χ3v) is 3.01. The zero-order chi connectivity index (χ0) is 13.7. The molecule has 0 amide bonds. The number of pyridine rings is 1. The number of nitrogens with zero attached hydrogens (tertiary/aromatic N) is 1. The van der Waals surface area contributed by atoms with E-state index in [1.165, 1.54) is 0 Å². The van der Waals surface area contributed by atoms with Gasteiger partial charge in [-0.1, -0.05) is 12.1 Å². The molecular formula is C15H18N2O2. The van der Waals surface area contributed by atoms with Crippen molar-refractivity contribution in [2.24, 2.45) is 0 Å². The van der Waals surface area contributed by atoms with Gasteiger partial charge < -0.3 is 14.8 Å². The molecule has 19 heavy (non-hydrogen) atoms. The van der Waals surface area contributed by atoms with Crippen LogP contribution in [0, 0.1) is 0 Å². The average Bonchev–Trinajstić information content (AvgIpc) is 2.49. The molecule has 1 heterocycles. The minimum atomic E-state index is 0.0287. The van der Waals surface area contributed by atoms with Gasteiger partial charge in [0.25, 0.3) is 0 Å². The van der Waals surface area contributed by atoms with E-state index in [4.69, 9.17) is 9.47 Å². The summed E-state index contributed by atoms with van der Waals surface area (Å²) in [5.41, 5.74) is 2.05. The summed E-state index contributed by atoms with van der Waals surface area (Å²) in [7, 11) is 5.18. The second-order valence-electron chi connectivity index (χ2n) is 4.09. The number of methoxy groups -OCH3 is 2. The predicted octanol–water partition coefficient (Wildman–Crippen LogP) is 2.41. The summed E-state index contributed by atoms with van der Waals surface area (Å²) in [6.45, 7) is 0. The molecule has 1 aromatic carbocycles. The Morgan fingerprint density at radius 2 is 1.84 bits per heavy atom. The van der Waals surface area contributed by atoms with Crippen LogP contribution in [0.3, 0.4) is 0 Å². The van der Waals surface area contributed by atoms with Gasteiger partial charge in [0.2, 0.25) is 0 Å². The van der Waals surface area contributed by atoms with Crippen LogP contribution in [0.2, 0.25) is 0 Å². The molecule has 1 unspecified atom stereocenters. The maximum atomic E-state index is 5.33. The van der Waals surface area contributed by atoms with E-state index in [-0.39, 0.29) is 6.04 Å². The van der Waals surface area contributed by atoms with E-state index in [9.17, 15) is 0 Å². The molecule has 1 aromatic heterocycles. The SMILES string of the molecule is CNC(c1ccc(OC)c(OC)c1)c1ccccn1. The van der Waals surface area contributed by atoms with E-state index in [1.807, 2.05) is 43.4 Å². The van der Waals surface area contributed by atoms with Gasteiger partial charge in [0, 0.05) is 6.20 Å². The lowest BCUT2D eigenvalue weighted by Gasteiger charge is -2.18. The van der Waals surface area contributed by atoms with E-state index in [1.54, 1.807) is 20.4 Å². The summed E-state index contributed by atoms with van der Waals surface area (Å²) in [6.07, 6.45) is 1.79. The molecule has 0 fully saturated rings. The summed E-state index contributed by atoms with van der Waals surface area (Å²) in [6, 6.07) is 11.8. The first-order valence-corrected chi connectivity index (χ1v) is 6.10. The van der Waals surface area contributed by atoms with Crippen molar-refractivity contribution in [2.75, 3.05) is 21.3 Å². The van der Waals surface area contributed by atoms with E-state index < -0.39 is 0 Å². The van der Waals surface area contributed by atoms with Gasteiger partial charge >= 0.3 is 0 Å². The summed E-state index contributed by atoms with van der Waals surface area (Å²) in [5.74, 6) is 1.44. The number of hydrogen-bond donors (Lipinski definition) is 1. The molecule has 100 valence electrons. The van der Waals surface area contributed by atoms with E-state index in [0.717, 1.165) is 22.8 Å². The normalized spacial score (nSPS) is 11.9. The summed E-state index contributed by atoms with van der Waals surface area (Å²) in [5, 5.41) is 3.26. The maximum Gasteiger partial charge on any atom is 0.161 e. The van der Waals surface area contributed by atoms with Crippen LogP contribution in [0.15, 0.2) is 42.6 Å². The Kier molecular flexibility index (Phi) is 4.36. The maximum absolute atomic E-state index is 5.33. The Balaban J connectivity index is 2.39. The van der Waals surface area contributed by atoms with Crippen LogP contribution < -0.4 is 14.8 Å². The molecule has 0 saturated carbocycles. The second-order valence-corrected chi connectivity index (χ2v) is 4.09. The number of aromatic nitrogens is 1. The van der Waals surface area contributed by atoms with Gasteiger partial charge in [0.05, 0.1) is 26.0 Å². The molecular weight excluding hydrogens is 240 g/mol.